The molecule has 0 aromatic heterocycles. The van der Waals surface area contributed by atoms with Crippen molar-refractivity contribution in [3.63, 3.8) is 0 Å². The number of hydrogen-bond donors (Lipinski definition) is 2. The standard InChI is InChI=1S/C34H45NO7/c1-34(23-36,24-37)25-42-32(39)12-8-3-2-7-11-29-31(21-30(38)33(29)35-17-19-40-20-18-35)41-22-26-13-15-28(16-14-26)27-9-5-4-6-10-27/h2,4-7,9-10,13-16,29,31,33,36-37H,3,8,11-12,17-25H2,1H3/t29-,31?,33?/m0/s1. The Hall–Kier alpha value is -2.88. The van der Waals surface area contributed by atoms with Crippen LogP contribution in [0.2, 0.25) is 0 Å². The molecule has 0 radical (unpaired) electrons. The number of Topliss-reactive ketones (excluding diaryl/α,β-unsaturated/α-hetero) is 1. The van der Waals surface area contributed by atoms with Gasteiger partial charge in [0.15, 0.2) is 5.78 Å². The van der Waals surface area contributed by atoms with Crippen LogP contribution in [-0.2, 0) is 30.4 Å². The summed E-state index contributed by atoms with van der Waals surface area (Å²) in [4.78, 5) is 27.5. The van der Waals surface area contributed by atoms with Gasteiger partial charge in [-0.2, -0.15) is 0 Å². The highest BCUT2D eigenvalue weighted by molar-refractivity contribution is 5.87. The molecule has 1 aliphatic heterocycles. The van der Waals surface area contributed by atoms with Crippen molar-refractivity contribution in [2.45, 2.75) is 57.8 Å². The molecule has 8 heteroatoms. The zero-order valence-corrected chi connectivity index (χ0v) is 24.7. The minimum absolute atomic E-state index is 0.00807. The maximum atomic E-state index is 13.2. The van der Waals surface area contributed by atoms with Crippen LogP contribution in [0.1, 0.15) is 44.6 Å². The van der Waals surface area contributed by atoms with Crippen molar-refractivity contribution < 1.29 is 34.0 Å². The normalized spacial score (nSPS) is 21.7. The fraction of sp³-hybridized carbons (Fsp3) is 0.529. The van der Waals surface area contributed by atoms with Crippen LogP contribution in [0.3, 0.4) is 0 Å². The Bertz CT molecular complexity index is 1140. The molecule has 2 fully saturated rings. The third-order valence-corrected chi connectivity index (χ3v) is 8.25. The number of aliphatic hydroxyl groups excluding tert-OH is 2. The number of morpholine rings is 1. The Morgan fingerprint density at radius 2 is 1.71 bits per heavy atom. The molecular formula is C34H45NO7. The summed E-state index contributed by atoms with van der Waals surface area (Å²) >= 11 is 0. The first-order valence-corrected chi connectivity index (χ1v) is 15.1. The second kappa shape index (κ2) is 16.1. The highest BCUT2D eigenvalue weighted by Gasteiger charge is 2.45. The first kappa shape index (κ1) is 32.0. The third kappa shape index (κ3) is 9.06. The fourth-order valence-electron chi connectivity index (χ4n) is 5.54. The molecular weight excluding hydrogens is 534 g/mol. The van der Waals surface area contributed by atoms with Gasteiger partial charge in [-0.25, -0.2) is 0 Å². The van der Waals surface area contributed by atoms with E-state index in [2.05, 4.69) is 53.5 Å². The van der Waals surface area contributed by atoms with Gasteiger partial charge >= 0.3 is 5.97 Å². The first-order valence-electron chi connectivity index (χ1n) is 15.1. The summed E-state index contributed by atoms with van der Waals surface area (Å²) < 4.78 is 17.2. The van der Waals surface area contributed by atoms with Gasteiger partial charge < -0.3 is 24.4 Å². The van der Waals surface area contributed by atoms with Gasteiger partial charge in [-0.15, -0.1) is 0 Å². The van der Waals surface area contributed by atoms with Crippen LogP contribution >= 0.6 is 0 Å². The van der Waals surface area contributed by atoms with Crippen LogP contribution in [0.5, 0.6) is 0 Å². The topological polar surface area (TPSA) is 106 Å². The Balaban J connectivity index is 1.30. The van der Waals surface area contributed by atoms with E-state index >= 15 is 0 Å². The molecule has 4 rings (SSSR count). The van der Waals surface area contributed by atoms with Crippen molar-refractivity contribution in [3.05, 3.63) is 72.3 Å². The molecule has 1 aliphatic carbocycles. The van der Waals surface area contributed by atoms with Gasteiger partial charge in [-0.3, -0.25) is 14.5 Å². The van der Waals surface area contributed by atoms with E-state index in [1.54, 1.807) is 6.92 Å². The van der Waals surface area contributed by atoms with Crippen molar-refractivity contribution in [2.24, 2.45) is 11.3 Å². The minimum atomic E-state index is -0.824. The second-order valence-electron chi connectivity index (χ2n) is 11.7. The maximum Gasteiger partial charge on any atom is 0.305 e. The Morgan fingerprint density at radius 3 is 2.40 bits per heavy atom. The molecule has 8 nitrogen and oxygen atoms in total. The number of hydrogen-bond acceptors (Lipinski definition) is 8. The molecule has 42 heavy (non-hydrogen) atoms. The zero-order chi connectivity index (χ0) is 29.8. The summed E-state index contributed by atoms with van der Waals surface area (Å²) in [5, 5.41) is 18.7. The van der Waals surface area contributed by atoms with E-state index in [4.69, 9.17) is 14.2 Å². The molecule has 0 bridgehead atoms. The van der Waals surface area contributed by atoms with E-state index < -0.39 is 5.41 Å². The number of carbonyl (C=O) groups excluding carboxylic acids is 2. The lowest BCUT2D eigenvalue weighted by Crippen LogP contribution is -2.49. The molecule has 228 valence electrons. The second-order valence-corrected chi connectivity index (χ2v) is 11.7. The zero-order valence-electron chi connectivity index (χ0n) is 24.7. The number of allylic oxidation sites excluding steroid dienone is 2. The minimum Gasteiger partial charge on any atom is -0.465 e. The largest absolute Gasteiger partial charge is 0.465 e. The first-order chi connectivity index (χ1) is 20.4. The molecule has 2 unspecified atom stereocenters. The van der Waals surface area contributed by atoms with Crippen molar-refractivity contribution in [3.8, 4) is 11.1 Å². The number of aliphatic hydroxyl groups is 2. The number of ketones is 1. The van der Waals surface area contributed by atoms with Gasteiger partial charge in [0.05, 0.1) is 45.2 Å². The number of carbonyl (C=O) groups is 2. The highest BCUT2D eigenvalue weighted by Crippen LogP contribution is 2.34. The molecule has 0 spiro atoms. The smallest absolute Gasteiger partial charge is 0.305 e. The summed E-state index contributed by atoms with van der Waals surface area (Å²) in [6, 6.07) is 18.5. The van der Waals surface area contributed by atoms with Crippen molar-refractivity contribution in [2.75, 3.05) is 46.1 Å². The number of ether oxygens (including phenoxy) is 3. The lowest BCUT2D eigenvalue weighted by Gasteiger charge is -2.35. The number of benzene rings is 2. The van der Waals surface area contributed by atoms with Gasteiger partial charge in [0.1, 0.15) is 6.61 Å². The number of nitrogens with zero attached hydrogens (tertiary/aromatic N) is 1. The SMILES string of the molecule is CC(CO)(CO)COC(=O)CCCC=CC[C@H]1C(OCc2ccc(-c3ccccc3)cc2)CC(=O)C1N1CCOCC1. The Labute approximate surface area is 249 Å². The van der Waals surface area contributed by atoms with Crippen molar-refractivity contribution in [1.29, 1.82) is 0 Å². The summed E-state index contributed by atoms with van der Waals surface area (Å²) in [5.41, 5.74) is 2.59. The molecule has 3 atom stereocenters. The summed E-state index contributed by atoms with van der Waals surface area (Å²) in [5.74, 6) is -0.0501. The van der Waals surface area contributed by atoms with E-state index in [9.17, 15) is 19.8 Å². The lowest BCUT2D eigenvalue weighted by molar-refractivity contribution is -0.149. The van der Waals surface area contributed by atoms with Crippen LogP contribution in [0.4, 0.5) is 0 Å². The molecule has 2 aliphatic rings. The predicted molar refractivity (Wildman–Crippen MR) is 161 cm³/mol. The average Bonchev–Trinajstić information content (AvgIpc) is 3.35. The average molecular weight is 580 g/mol. The van der Waals surface area contributed by atoms with Crippen LogP contribution in [0, 0.1) is 11.3 Å². The van der Waals surface area contributed by atoms with Gasteiger partial charge in [-0.1, -0.05) is 73.7 Å². The van der Waals surface area contributed by atoms with Crippen molar-refractivity contribution >= 4 is 11.8 Å². The molecule has 2 aromatic carbocycles. The lowest BCUT2D eigenvalue weighted by atomic mass is 9.94. The molecule has 1 saturated carbocycles. The van der Waals surface area contributed by atoms with Crippen LogP contribution in [0.25, 0.3) is 11.1 Å². The summed E-state index contributed by atoms with van der Waals surface area (Å²) in [6.07, 6.45) is 6.78. The Kier molecular flexibility index (Phi) is 12.3. The van der Waals surface area contributed by atoms with E-state index in [0.29, 0.717) is 39.1 Å². The van der Waals surface area contributed by atoms with E-state index in [1.165, 1.54) is 5.56 Å². The van der Waals surface area contributed by atoms with E-state index in [-0.39, 0.29) is 56.1 Å². The van der Waals surface area contributed by atoms with E-state index in [0.717, 1.165) is 30.6 Å². The molecule has 1 heterocycles. The van der Waals surface area contributed by atoms with Crippen LogP contribution in [-0.4, -0.2) is 85.1 Å². The molecule has 2 N–H and O–H groups in total. The fourth-order valence-corrected chi connectivity index (χ4v) is 5.54. The monoisotopic (exact) mass is 579 g/mol. The highest BCUT2D eigenvalue weighted by atomic mass is 16.5. The maximum absolute atomic E-state index is 13.2. The number of esters is 1. The van der Waals surface area contributed by atoms with Crippen LogP contribution < -0.4 is 0 Å². The predicted octanol–water partition coefficient (Wildman–Crippen LogP) is 4.18. The van der Waals surface area contributed by atoms with Gasteiger partial charge in [0.2, 0.25) is 0 Å². The van der Waals surface area contributed by atoms with Crippen molar-refractivity contribution in [1.82, 2.24) is 4.90 Å². The quantitative estimate of drug-likeness (QED) is 0.184. The number of rotatable bonds is 15. The third-order valence-electron chi connectivity index (χ3n) is 8.25. The van der Waals surface area contributed by atoms with Crippen LogP contribution in [0.15, 0.2) is 66.7 Å². The summed E-state index contributed by atoms with van der Waals surface area (Å²) in [6.45, 7) is 4.38. The van der Waals surface area contributed by atoms with Gasteiger partial charge in [0.25, 0.3) is 0 Å². The molecule has 0 amide bonds. The van der Waals surface area contributed by atoms with Gasteiger partial charge in [0, 0.05) is 37.3 Å². The van der Waals surface area contributed by atoms with Gasteiger partial charge in [-0.05, 0) is 36.0 Å². The molecule has 1 saturated heterocycles. The summed E-state index contributed by atoms with van der Waals surface area (Å²) in [7, 11) is 0. The molecule has 2 aromatic rings. The van der Waals surface area contributed by atoms with E-state index in [1.807, 2.05) is 18.2 Å². The number of unbranched alkanes of at least 4 members (excludes halogenated alkanes) is 1. The Morgan fingerprint density at radius 1 is 1.02 bits per heavy atom.